The Balaban J connectivity index is 1.95. The molecule has 0 radical (unpaired) electrons. The smallest absolute Gasteiger partial charge is 0.260 e. The Kier molecular flexibility index (Phi) is 5.81. The van der Waals surface area contributed by atoms with Crippen LogP contribution >= 0.6 is 0 Å². The van der Waals surface area contributed by atoms with Crippen molar-refractivity contribution in [2.75, 3.05) is 20.8 Å². The highest BCUT2D eigenvalue weighted by molar-refractivity contribution is 6.25. The van der Waals surface area contributed by atoms with Crippen molar-refractivity contribution in [3.8, 4) is 11.5 Å². The molecule has 0 saturated heterocycles. The van der Waals surface area contributed by atoms with Gasteiger partial charge < -0.3 is 14.4 Å². The maximum atomic E-state index is 13.4. The Morgan fingerprint density at radius 3 is 2.21 bits per heavy atom. The van der Waals surface area contributed by atoms with Crippen LogP contribution in [0.15, 0.2) is 36.5 Å². The van der Waals surface area contributed by atoms with E-state index >= 15 is 0 Å². The molecule has 2 amide bonds. The minimum absolute atomic E-state index is 0.235. The predicted molar refractivity (Wildman–Crippen MR) is 102 cm³/mol. The number of imide groups is 1. The Bertz CT molecular complexity index is 984. The summed E-state index contributed by atoms with van der Waals surface area (Å²) in [4.78, 5) is 27.1. The highest BCUT2D eigenvalue weighted by atomic mass is 19.1. The average molecular weight is 402 g/mol. The summed E-state index contributed by atoms with van der Waals surface area (Å²) in [6.07, 6.45) is 1.64. The molecule has 6 nitrogen and oxygen atoms in total. The number of methoxy groups -OCH3 is 2. The first-order valence-electron chi connectivity index (χ1n) is 8.89. The van der Waals surface area contributed by atoms with Gasteiger partial charge in [-0.2, -0.15) is 0 Å². The van der Waals surface area contributed by atoms with Crippen LogP contribution in [0.2, 0.25) is 0 Å². The molecule has 1 aliphatic rings. The summed E-state index contributed by atoms with van der Waals surface area (Å²) in [6, 6.07) is 5.82. The second-order valence-corrected chi connectivity index (χ2v) is 6.41. The summed E-state index contributed by atoms with van der Waals surface area (Å²) >= 11 is 0. The Hall–Kier alpha value is -3.42. The lowest BCUT2D eigenvalue weighted by Crippen LogP contribution is -2.34. The fraction of sp³-hybridized carbons (Fsp3) is 0.238. The molecule has 0 aromatic heterocycles. The Morgan fingerprint density at radius 2 is 1.62 bits per heavy atom. The van der Waals surface area contributed by atoms with Gasteiger partial charge in [0.2, 0.25) is 0 Å². The summed E-state index contributed by atoms with van der Waals surface area (Å²) in [5.74, 6) is -2.43. The van der Waals surface area contributed by atoms with E-state index in [0.717, 1.165) is 17.7 Å². The first kappa shape index (κ1) is 20.3. The van der Waals surface area contributed by atoms with E-state index in [1.807, 2.05) is 11.8 Å². The van der Waals surface area contributed by atoms with Crippen LogP contribution in [0.5, 0.6) is 11.5 Å². The molecule has 29 heavy (non-hydrogen) atoms. The topological polar surface area (TPSA) is 67.9 Å². The van der Waals surface area contributed by atoms with E-state index in [9.17, 15) is 18.4 Å². The molecule has 0 unspecified atom stereocenters. The van der Waals surface area contributed by atoms with Crippen LogP contribution in [0.4, 0.5) is 8.78 Å². The third-order valence-electron chi connectivity index (χ3n) is 4.59. The van der Waals surface area contributed by atoms with Crippen LogP contribution in [0.3, 0.4) is 0 Å². The van der Waals surface area contributed by atoms with E-state index in [1.165, 1.54) is 14.2 Å². The van der Waals surface area contributed by atoms with Crippen LogP contribution in [0.25, 0.3) is 5.57 Å². The van der Waals surface area contributed by atoms with E-state index in [0.29, 0.717) is 36.2 Å². The van der Waals surface area contributed by atoms with Gasteiger partial charge in [-0.3, -0.25) is 14.9 Å². The molecule has 152 valence electrons. The number of nitrogens with one attached hydrogen (secondary N) is 1. The lowest BCUT2D eigenvalue weighted by atomic mass is 9.95. The van der Waals surface area contributed by atoms with E-state index in [2.05, 4.69) is 5.32 Å². The summed E-state index contributed by atoms with van der Waals surface area (Å²) in [5.41, 5.74) is 1.36. The van der Waals surface area contributed by atoms with Gasteiger partial charge in [0.1, 0.15) is 11.6 Å². The average Bonchev–Trinajstić information content (AvgIpc) is 2.70. The van der Waals surface area contributed by atoms with E-state index in [-0.39, 0.29) is 11.1 Å². The minimum Gasteiger partial charge on any atom is -0.493 e. The molecular formula is C21H20F2N2O4. The van der Waals surface area contributed by atoms with Gasteiger partial charge in [0, 0.05) is 30.9 Å². The van der Waals surface area contributed by atoms with Gasteiger partial charge in [0.05, 0.1) is 19.8 Å². The van der Waals surface area contributed by atoms with Gasteiger partial charge in [-0.05, 0) is 42.3 Å². The molecule has 0 spiro atoms. The molecule has 8 heteroatoms. The molecule has 3 rings (SSSR count). The molecule has 0 aliphatic carbocycles. The van der Waals surface area contributed by atoms with Crippen molar-refractivity contribution >= 4 is 17.4 Å². The first-order chi connectivity index (χ1) is 13.9. The van der Waals surface area contributed by atoms with Gasteiger partial charge in [-0.1, -0.05) is 0 Å². The molecule has 1 N–H and O–H groups in total. The van der Waals surface area contributed by atoms with Crippen molar-refractivity contribution in [3.05, 3.63) is 64.9 Å². The van der Waals surface area contributed by atoms with Gasteiger partial charge in [-0.15, -0.1) is 0 Å². The van der Waals surface area contributed by atoms with E-state index < -0.39 is 23.4 Å². The zero-order valence-corrected chi connectivity index (χ0v) is 16.2. The van der Waals surface area contributed by atoms with Crippen molar-refractivity contribution in [2.45, 2.75) is 13.5 Å². The number of nitrogens with zero attached hydrogens (tertiary/aromatic N) is 1. The summed E-state index contributed by atoms with van der Waals surface area (Å²) in [6.45, 7) is 3.11. The SMILES string of the molecule is CCN1C=C(C(=O)NC(=O)c2cc(F)cc(F)c2)c2cc(OC)c(OC)cc2C1. The molecular weight excluding hydrogens is 382 g/mol. The van der Waals surface area contributed by atoms with Crippen molar-refractivity contribution in [3.63, 3.8) is 0 Å². The molecule has 1 heterocycles. The number of rotatable bonds is 5. The number of hydrogen-bond donors (Lipinski definition) is 1. The third-order valence-corrected chi connectivity index (χ3v) is 4.59. The quantitative estimate of drug-likeness (QED) is 0.779. The predicted octanol–water partition coefficient (Wildman–Crippen LogP) is 3.12. The number of hydrogen-bond acceptors (Lipinski definition) is 5. The van der Waals surface area contributed by atoms with Crippen LogP contribution in [-0.2, 0) is 11.3 Å². The van der Waals surface area contributed by atoms with Crippen molar-refractivity contribution < 1.29 is 27.8 Å². The first-order valence-corrected chi connectivity index (χ1v) is 8.89. The number of fused-ring (bicyclic) bond motifs is 1. The molecule has 1 aliphatic heterocycles. The number of carbonyl (C=O) groups excluding carboxylic acids is 2. The summed E-state index contributed by atoms with van der Waals surface area (Å²) < 4.78 is 37.4. The van der Waals surface area contributed by atoms with Gasteiger partial charge in [0.25, 0.3) is 11.8 Å². The van der Waals surface area contributed by atoms with Gasteiger partial charge in [0.15, 0.2) is 11.5 Å². The number of ether oxygens (including phenoxy) is 2. The van der Waals surface area contributed by atoms with Crippen molar-refractivity contribution in [1.29, 1.82) is 0 Å². The zero-order valence-electron chi connectivity index (χ0n) is 16.2. The third kappa shape index (κ3) is 4.21. The normalized spacial score (nSPS) is 12.7. The highest BCUT2D eigenvalue weighted by Crippen LogP contribution is 2.36. The fourth-order valence-electron chi connectivity index (χ4n) is 3.13. The van der Waals surface area contributed by atoms with Crippen LogP contribution < -0.4 is 14.8 Å². The highest BCUT2D eigenvalue weighted by Gasteiger charge is 2.26. The number of carbonyl (C=O) groups is 2. The van der Waals surface area contributed by atoms with Gasteiger partial charge >= 0.3 is 0 Å². The summed E-state index contributed by atoms with van der Waals surface area (Å²) in [7, 11) is 3.00. The second-order valence-electron chi connectivity index (χ2n) is 6.41. The molecule has 2 aromatic rings. The summed E-state index contributed by atoms with van der Waals surface area (Å²) in [5, 5.41) is 2.19. The van der Waals surface area contributed by atoms with Crippen LogP contribution in [-0.4, -0.2) is 37.5 Å². The number of amides is 2. The van der Waals surface area contributed by atoms with E-state index in [4.69, 9.17) is 9.47 Å². The Labute approximate surface area is 166 Å². The minimum atomic E-state index is -0.904. The lowest BCUT2D eigenvalue weighted by molar-refractivity contribution is -0.114. The van der Waals surface area contributed by atoms with Gasteiger partial charge in [-0.25, -0.2) is 8.78 Å². The van der Waals surface area contributed by atoms with Crippen LogP contribution in [0.1, 0.15) is 28.4 Å². The number of benzene rings is 2. The van der Waals surface area contributed by atoms with Crippen molar-refractivity contribution in [1.82, 2.24) is 10.2 Å². The second kappa shape index (κ2) is 8.30. The molecule has 0 fully saturated rings. The largest absolute Gasteiger partial charge is 0.493 e. The molecule has 0 atom stereocenters. The lowest BCUT2D eigenvalue weighted by Gasteiger charge is -2.28. The van der Waals surface area contributed by atoms with E-state index in [1.54, 1.807) is 18.3 Å². The molecule has 0 saturated carbocycles. The monoisotopic (exact) mass is 402 g/mol. The van der Waals surface area contributed by atoms with Crippen LogP contribution in [0, 0.1) is 11.6 Å². The Morgan fingerprint density at radius 1 is 1.00 bits per heavy atom. The standard InChI is InChI=1S/C21H20F2N2O4/c1-4-25-10-13-7-18(28-2)19(29-3)9-16(13)17(11-25)21(27)24-20(26)12-5-14(22)8-15(23)6-12/h5-9,11H,4,10H2,1-3H3,(H,24,26,27). The van der Waals surface area contributed by atoms with Crippen molar-refractivity contribution in [2.24, 2.45) is 0 Å². The maximum absolute atomic E-state index is 13.4. The fourth-order valence-corrected chi connectivity index (χ4v) is 3.13. The molecule has 2 aromatic carbocycles. The maximum Gasteiger partial charge on any atom is 0.260 e. The zero-order chi connectivity index (χ0) is 21.1. The number of halogens is 2. The molecule has 0 bridgehead atoms.